The molecule has 158 valence electrons. The van der Waals surface area contributed by atoms with Crippen LogP contribution in [0.4, 0.5) is 0 Å². The molecule has 1 aliphatic rings. The van der Waals surface area contributed by atoms with Crippen molar-refractivity contribution in [3.63, 3.8) is 0 Å². The lowest BCUT2D eigenvalue weighted by Crippen LogP contribution is -2.38. The van der Waals surface area contributed by atoms with Gasteiger partial charge in [-0.15, -0.1) is 0 Å². The first-order chi connectivity index (χ1) is 15.2. The van der Waals surface area contributed by atoms with Crippen molar-refractivity contribution < 1.29 is 9.84 Å². The lowest BCUT2D eigenvalue weighted by molar-refractivity contribution is 0.0638. The number of nitrogens with zero attached hydrogens (tertiary/aromatic N) is 2. The summed E-state index contributed by atoms with van der Waals surface area (Å²) in [6.45, 7) is 4.89. The van der Waals surface area contributed by atoms with Gasteiger partial charge in [0.25, 0.3) is 0 Å². The van der Waals surface area contributed by atoms with Crippen molar-refractivity contribution in [1.82, 2.24) is 9.30 Å². The standard InChI is InChI=1S/C27H28N2O2/c1-20-9-11-25-12-10-24(17-29(20)25)22-7-4-8-27(15-22)31-19-26(30)18-28-14-13-21-5-2-3-6-23(21)16-28/h2-12,15,17,26,30H,13-14,16,18-19H2,1H3. The van der Waals surface area contributed by atoms with Crippen LogP contribution in [0, 0.1) is 6.92 Å². The first-order valence-corrected chi connectivity index (χ1v) is 10.9. The summed E-state index contributed by atoms with van der Waals surface area (Å²) in [4.78, 5) is 2.31. The van der Waals surface area contributed by atoms with Crippen LogP contribution in [-0.4, -0.2) is 40.2 Å². The zero-order valence-corrected chi connectivity index (χ0v) is 17.9. The maximum Gasteiger partial charge on any atom is 0.120 e. The Bertz CT molecular complexity index is 1200. The number of rotatable bonds is 6. The van der Waals surface area contributed by atoms with E-state index in [9.17, 15) is 5.11 Å². The zero-order chi connectivity index (χ0) is 21.2. The quantitative estimate of drug-likeness (QED) is 0.498. The van der Waals surface area contributed by atoms with Crippen molar-refractivity contribution in [3.05, 3.63) is 95.8 Å². The number of pyridine rings is 1. The molecule has 0 saturated heterocycles. The second kappa shape index (κ2) is 8.58. The van der Waals surface area contributed by atoms with Gasteiger partial charge in [-0.1, -0.05) is 42.5 Å². The van der Waals surface area contributed by atoms with Crippen LogP contribution in [0.15, 0.2) is 79.0 Å². The van der Waals surface area contributed by atoms with E-state index in [2.05, 4.69) is 77.0 Å². The average molecular weight is 413 g/mol. The van der Waals surface area contributed by atoms with Gasteiger partial charge in [-0.05, 0) is 65.9 Å². The summed E-state index contributed by atoms with van der Waals surface area (Å²) in [5.41, 5.74) is 7.45. The molecule has 2 aromatic heterocycles. The van der Waals surface area contributed by atoms with Crippen LogP contribution in [0.1, 0.15) is 16.8 Å². The lowest BCUT2D eigenvalue weighted by Gasteiger charge is -2.30. The third-order valence-corrected chi connectivity index (χ3v) is 6.14. The number of hydrogen-bond acceptors (Lipinski definition) is 3. The van der Waals surface area contributed by atoms with Gasteiger partial charge in [0.15, 0.2) is 0 Å². The number of aromatic nitrogens is 1. The fraction of sp³-hybridized carbons (Fsp3) is 0.259. The molecule has 0 spiro atoms. The Morgan fingerprint density at radius 1 is 0.935 bits per heavy atom. The molecule has 1 N–H and O–H groups in total. The summed E-state index contributed by atoms with van der Waals surface area (Å²) >= 11 is 0. The summed E-state index contributed by atoms with van der Waals surface area (Å²) in [5.74, 6) is 0.782. The van der Waals surface area contributed by atoms with Crippen molar-refractivity contribution in [1.29, 1.82) is 0 Å². The minimum absolute atomic E-state index is 0.289. The molecule has 5 rings (SSSR count). The maximum atomic E-state index is 10.6. The second-order valence-corrected chi connectivity index (χ2v) is 8.43. The Hall–Kier alpha value is -3.08. The summed E-state index contributed by atoms with van der Waals surface area (Å²) in [6, 6.07) is 25.2. The Morgan fingerprint density at radius 3 is 2.68 bits per heavy atom. The Balaban J connectivity index is 1.21. The first kappa shape index (κ1) is 19.9. The molecule has 4 aromatic rings. The molecule has 0 saturated carbocycles. The number of hydrogen-bond donors (Lipinski definition) is 1. The summed E-state index contributed by atoms with van der Waals surface area (Å²) < 4.78 is 8.15. The van der Waals surface area contributed by atoms with E-state index in [1.165, 1.54) is 22.3 Å². The molecule has 1 unspecified atom stereocenters. The third kappa shape index (κ3) is 4.36. The maximum absolute atomic E-state index is 10.6. The minimum Gasteiger partial charge on any atom is -0.491 e. The van der Waals surface area contributed by atoms with Gasteiger partial charge in [-0.3, -0.25) is 4.90 Å². The summed E-state index contributed by atoms with van der Waals surface area (Å²) in [5, 5.41) is 10.6. The van der Waals surface area contributed by atoms with Crippen LogP contribution in [0.25, 0.3) is 16.6 Å². The number of ether oxygens (including phenoxy) is 1. The van der Waals surface area contributed by atoms with Gasteiger partial charge in [0.05, 0.1) is 0 Å². The van der Waals surface area contributed by atoms with Crippen molar-refractivity contribution in [2.45, 2.75) is 26.0 Å². The van der Waals surface area contributed by atoms with E-state index < -0.39 is 6.10 Å². The number of fused-ring (bicyclic) bond motifs is 2. The Labute approximate surface area is 183 Å². The topological polar surface area (TPSA) is 37.1 Å². The fourth-order valence-corrected chi connectivity index (χ4v) is 4.43. The van der Waals surface area contributed by atoms with Crippen molar-refractivity contribution >= 4 is 5.52 Å². The second-order valence-electron chi connectivity index (χ2n) is 8.43. The summed E-state index contributed by atoms with van der Waals surface area (Å²) in [7, 11) is 0. The van der Waals surface area contributed by atoms with Crippen molar-refractivity contribution in [2.75, 3.05) is 19.7 Å². The molecule has 1 atom stereocenters. The van der Waals surface area contributed by atoms with Gasteiger partial charge >= 0.3 is 0 Å². The van der Waals surface area contributed by atoms with E-state index in [0.29, 0.717) is 6.54 Å². The van der Waals surface area contributed by atoms with Crippen LogP contribution in [-0.2, 0) is 13.0 Å². The van der Waals surface area contributed by atoms with Crippen LogP contribution in [0.3, 0.4) is 0 Å². The molecule has 1 aliphatic heterocycles. The van der Waals surface area contributed by atoms with Gasteiger partial charge in [-0.2, -0.15) is 0 Å². The molecule has 4 nitrogen and oxygen atoms in total. The zero-order valence-electron chi connectivity index (χ0n) is 17.9. The minimum atomic E-state index is -0.521. The summed E-state index contributed by atoms with van der Waals surface area (Å²) in [6.07, 6.45) is 2.68. The largest absolute Gasteiger partial charge is 0.491 e. The molecule has 31 heavy (non-hydrogen) atoms. The molecule has 0 aliphatic carbocycles. The van der Waals surface area contributed by atoms with Crippen molar-refractivity contribution in [3.8, 4) is 16.9 Å². The van der Waals surface area contributed by atoms with E-state index >= 15 is 0 Å². The fourth-order valence-electron chi connectivity index (χ4n) is 4.43. The molecular formula is C27H28N2O2. The lowest BCUT2D eigenvalue weighted by atomic mass is 10.00. The van der Waals surface area contributed by atoms with Crippen LogP contribution in [0.2, 0.25) is 0 Å². The van der Waals surface area contributed by atoms with Gasteiger partial charge in [0, 0.05) is 37.0 Å². The molecular weight excluding hydrogens is 384 g/mol. The number of β-amino-alcohol motifs (C(OH)–C–C–N with tert-alkyl or cyclic N) is 1. The molecule has 0 radical (unpaired) electrons. The van der Waals surface area contributed by atoms with Gasteiger partial charge in [0.2, 0.25) is 0 Å². The third-order valence-electron chi connectivity index (χ3n) is 6.14. The first-order valence-electron chi connectivity index (χ1n) is 10.9. The molecule has 0 fully saturated rings. The Kier molecular flexibility index (Phi) is 5.49. The Morgan fingerprint density at radius 2 is 1.77 bits per heavy atom. The van der Waals surface area contributed by atoms with E-state index in [0.717, 1.165) is 36.4 Å². The highest BCUT2D eigenvalue weighted by atomic mass is 16.5. The highest BCUT2D eigenvalue weighted by Crippen LogP contribution is 2.25. The number of aryl methyl sites for hydroxylation is 1. The monoisotopic (exact) mass is 412 g/mol. The molecule has 2 aromatic carbocycles. The number of aliphatic hydroxyl groups is 1. The van der Waals surface area contributed by atoms with E-state index in [-0.39, 0.29) is 6.61 Å². The molecule has 3 heterocycles. The van der Waals surface area contributed by atoms with Gasteiger partial charge in [-0.25, -0.2) is 0 Å². The smallest absolute Gasteiger partial charge is 0.120 e. The SMILES string of the molecule is Cc1ccc2ccc(-c3cccc(OCC(O)CN4CCc5ccccc5C4)c3)cn12. The van der Waals surface area contributed by atoms with Crippen LogP contribution >= 0.6 is 0 Å². The van der Waals surface area contributed by atoms with Crippen LogP contribution in [0.5, 0.6) is 5.75 Å². The molecule has 0 bridgehead atoms. The normalized spacial score (nSPS) is 15.0. The predicted octanol–water partition coefficient (Wildman–Crippen LogP) is 4.71. The van der Waals surface area contributed by atoms with Gasteiger partial charge < -0.3 is 14.2 Å². The average Bonchev–Trinajstić information content (AvgIpc) is 3.18. The van der Waals surface area contributed by atoms with Crippen LogP contribution < -0.4 is 4.74 Å². The highest BCUT2D eigenvalue weighted by Gasteiger charge is 2.18. The number of aliphatic hydroxyl groups excluding tert-OH is 1. The van der Waals surface area contributed by atoms with Gasteiger partial charge in [0.1, 0.15) is 18.5 Å². The molecule has 0 amide bonds. The van der Waals surface area contributed by atoms with E-state index in [4.69, 9.17) is 4.74 Å². The van der Waals surface area contributed by atoms with E-state index in [1.807, 2.05) is 18.2 Å². The number of benzene rings is 2. The van der Waals surface area contributed by atoms with E-state index in [1.54, 1.807) is 0 Å². The van der Waals surface area contributed by atoms with Crippen molar-refractivity contribution in [2.24, 2.45) is 0 Å². The molecule has 4 heteroatoms. The highest BCUT2D eigenvalue weighted by molar-refractivity contribution is 5.67. The predicted molar refractivity (Wildman–Crippen MR) is 124 cm³/mol.